The quantitative estimate of drug-likeness (QED) is 0.525. The van der Waals surface area contributed by atoms with Gasteiger partial charge in [-0.25, -0.2) is 23.7 Å². The third kappa shape index (κ3) is 3.15. The summed E-state index contributed by atoms with van der Waals surface area (Å²) >= 11 is 0. The van der Waals surface area contributed by atoms with E-state index in [4.69, 9.17) is 5.73 Å². The van der Waals surface area contributed by atoms with E-state index in [0.29, 0.717) is 24.7 Å². The molecule has 0 aliphatic carbocycles. The molecule has 9 nitrogen and oxygen atoms in total. The summed E-state index contributed by atoms with van der Waals surface area (Å²) in [6.07, 6.45) is 4.92. The summed E-state index contributed by atoms with van der Waals surface area (Å²) in [5.41, 5.74) is 6.15. The number of piperidine rings is 1. The number of anilines is 1. The summed E-state index contributed by atoms with van der Waals surface area (Å²) in [6, 6.07) is 1.96. The average molecular weight is 440 g/mol. The molecule has 3 aromatic heterocycles. The summed E-state index contributed by atoms with van der Waals surface area (Å²) in [5, 5.41) is 4.67. The zero-order valence-corrected chi connectivity index (χ0v) is 17.7. The molecule has 1 aromatic carbocycles. The first-order chi connectivity index (χ1) is 15.4. The first kappa shape index (κ1) is 20.3. The summed E-state index contributed by atoms with van der Waals surface area (Å²) < 4.78 is 31.2. The number of aromatic nitrogens is 6. The highest BCUT2D eigenvalue weighted by molar-refractivity contribution is 5.93. The van der Waals surface area contributed by atoms with Gasteiger partial charge in [0.25, 0.3) is 5.91 Å². The minimum Gasteiger partial charge on any atom is -0.368 e. The fraction of sp³-hybridized carbons (Fsp3) is 0.381. The molecule has 0 radical (unpaired) electrons. The fourth-order valence-electron chi connectivity index (χ4n) is 4.34. The Bertz CT molecular complexity index is 1350. The molecular weight excluding hydrogens is 418 g/mol. The fourth-order valence-corrected chi connectivity index (χ4v) is 4.34. The van der Waals surface area contributed by atoms with Gasteiger partial charge in [0.2, 0.25) is 5.95 Å². The van der Waals surface area contributed by atoms with Crippen LogP contribution in [0.25, 0.3) is 16.6 Å². The van der Waals surface area contributed by atoms with Crippen LogP contribution in [0.1, 0.15) is 49.1 Å². The molecule has 1 amide bonds. The van der Waals surface area contributed by atoms with E-state index in [9.17, 15) is 13.6 Å². The zero-order chi connectivity index (χ0) is 22.6. The highest BCUT2D eigenvalue weighted by Crippen LogP contribution is 2.31. The molecule has 32 heavy (non-hydrogen) atoms. The number of imidazole rings is 1. The number of nitrogen functional groups attached to an aromatic ring is 1. The lowest BCUT2D eigenvalue weighted by Gasteiger charge is -2.36. The van der Waals surface area contributed by atoms with Crippen molar-refractivity contribution in [3.05, 3.63) is 47.8 Å². The van der Waals surface area contributed by atoms with Gasteiger partial charge in [0.1, 0.15) is 11.3 Å². The summed E-state index contributed by atoms with van der Waals surface area (Å²) in [6.45, 7) is 5.01. The lowest BCUT2D eigenvalue weighted by Crippen LogP contribution is -2.45. The number of carbonyl (C=O) groups is 1. The second-order valence-corrected chi connectivity index (χ2v) is 8.08. The molecule has 1 saturated heterocycles. The monoisotopic (exact) mass is 440 g/mol. The van der Waals surface area contributed by atoms with Crippen LogP contribution in [0.15, 0.2) is 24.5 Å². The van der Waals surface area contributed by atoms with Crippen molar-refractivity contribution < 1.29 is 13.6 Å². The number of likely N-dealkylation sites (tertiary alicyclic amines) is 1. The van der Waals surface area contributed by atoms with Crippen molar-refractivity contribution in [2.45, 2.75) is 45.2 Å². The third-order valence-electron chi connectivity index (χ3n) is 6.09. The summed E-state index contributed by atoms with van der Waals surface area (Å²) in [7, 11) is 0. The second kappa shape index (κ2) is 7.50. The molecule has 0 unspecified atom stereocenters. The van der Waals surface area contributed by atoms with Gasteiger partial charge in [-0.1, -0.05) is 0 Å². The van der Waals surface area contributed by atoms with Crippen molar-refractivity contribution in [3.8, 4) is 0 Å². The predicted octanol–water partition coefficient (Wildman–Crippen LogP) is 2.76. The maximum absolute atomic E-state index is 14.2. The minimum absolute atomic E-state index is 0.0357. The molecule has 2 atom stereocenters. The van der Waals surface area contributed by atoms with Crippen LogP contribution in [0.2, 0.25) is 0 Å². The normalized spacial score (nSPS) is 19.2. The van der Waals surface area contributed by atoms with E-state index in [-0.39, 0.29) is 40.4 Å². The number of hydrogen-bond acceptors (Lipinski definition) is 6. The Kier molecular flexibility index (Phi) is 4.75. The Morgan fingerprint density at radius 1 is 1.25 bits per heavy atom. The largest absolute Gasteiger partial charge is 0.368 e. The molecule has 4 heterocycles. The minimum atomic E-state index is -0.812. The highest BCUT2D eigenvalue weighted by Gasteiger charge is 2.34. The number of rotatable bonds is 3. The average Bonchev–Trinajstić information content (AvgIpc) is 3.42. The molecule has 0 saturated carbocycles. The van der Waals surface area contributed by atoms with E-state index in [0.717, 1.165) is 18.9 Å². The number of benzene rings is 1. The molecule has 5 rings (SSSR count). The van der Waals surface area contributed by atoms with Crippen LogP contribution >= 0.6 is 0 Å². The smallest absolute Gasteiger partial charge is 0.290 e. The Balaban J connectivity index is 1.53. The SMILES string of the molecule is CCn1ccnc1C(=O)N1C[C@H](c2nc3c4cc(F)cc(F)c4nc(N)n3n2)CC[C@@H]1C. The maximum Gasteiger partial charge on any atom is 0.290 e. The van der Waals surface area contributed by atoms with Crippen LogP contribution in [0.4, 0.5) is 14.7 Å². The van der Waals surface area contributed by atoms with Gasteiger partial charge in [-0.2, -0.15) is 4.52 Å². The predicted molar refractivity (Wildman–Crippen MR) is 113 cm³/mol. The van der Waals surface area contributed by atoms with Crippen molar-refractivity contribution in [1.82, 2.24) is 34.0 Å². The first-order valence-electron chi connectivity index (χ1n) is 10.5. The van der Waals surface area contributed by atoms with Crippen LogP contribution in [-0.2, 0) is 6.54 Å². The molecule has 1 aliphatic heterocycles. The number of aryl methyl sites for hydroxylation is 1. The highest BCUT2D eigenvalue weighted by atomic mass is 19.1. The number of fused-ring (bicyclic) bond motifs is 3. The van der Waals surface area contributed by atoms with Crippen LogP contribution in [0.3, 0.4) is 0 Å². The molecule has 0 bridgehead atoms. The Labute approximate surface area is 181 Å². The van der Waals surface area contributed by atoms with E-state index in [1.54, 1.807) is 17.3 Å². The van der Waals surface area contributed by atoms with Crippen LogP contribution < -0.4 is 5.73 Å². The van der Waals surface area contributed by atoms with Gasteiger partial charge in [-0.05, 0) is 32.8 Å². The van der Waals surface area contributed by atoms with Crippen LogP contribution in [-0.4, -0.2) is 52.5 Å². The summed E-state index contributed by atoms with van der Waals surface area (Å²) in [4.78, 5) is 27.8. The molecule has 1 fully saturated rings. The van der Waals surface area contributed by atoms with Crippen LogP contribution in [0, 0.1) is 11.6 Å². The number of nitrogens with two attached hydrogens (primary N) is 1. The molecular formula is C21H22F2N8O. The van der Waals surface area contributed by atoms with Gasteiger partial charge in [0.05, 0.1) is 5.39 Å². The van der Waals surface area contributed by atoms with Gasteiger partial charge >= 0.3 is 0 Å². The van der Waals surface area contributed by atoms with Gasteiger partial charge < -0.3 is 15.2 Å². The molecule has 11 heteroatoms. The summed E-state index contributed by atoms with van der Waals surface area (Å²) in [5.74, 6) is -1.04. The first-order valence-corrected chi connectivity index (χ1v) is 10.5. The number of halogens is 2. The standard InChI is InChI=1S/C21H22F2N8O/c1-3-29-7-6-25-19(29)20(32)30-10-12(5-4-11(30)2)17-27-18-14-8-13(22)9-15(23)16(14)26-21(24)31(18)28-17/h6-9,11-12H,3-5,10H2,1-2H3,(H2,24,26)/t11-,12+/m0/s1. The molecule has 2 N–H and O–H groups in total. The molecule has 0 spiro atoms. The van der Waals surface area contributed by atoms with E-state index in [1.807, 2.05) is 18.4 Å². The Morgan fingerprint density at radius 2 is 2.06 bits per heavy atom. The lowest BCUT2D eigenvalue weighted by molar-refractivity contribution is 0.0588. The van der Waals surface area contributed by atoms with Crippen molar-refractivity contribution in [2.75, 3.05) is 12.3 Å². The van der Waals surface area contributed by atoms with Crippen molar-refractivity contribution in [3.63, 3.8) is 0 Å². The van der Waals surface area contributed by atoms with E-state index in [2.05, 4.69) is 20.1 Å². The van der Waals surface area contributed by atoms with Crippen LogP contribution in [0.5, 0.6) is 0 Å². The van der Waals surface area contributed by atoms with E-state index >= 15 is 0 Å². The maximum atomic E-state index is 14.2. The van der Waals surface area contributed by atoms with Crippen molar-refractivity contribution in [1.29, 1.82) is 0 Å². The topological polar surface area (TPSA) is 107 Å². The van der Waals surface area contributed by atoms with E-state index < -0.39 is 11.6 Å². The molecule has 166 valence electrons. The Morgan fingerprint density at radius 3 is 2.84 bits per heavy atom. The van der Waals surface area contributed by atoms with Crippen molar-refractivity contribution in [2.24, 2.45) is 0 Å². The number of nitrogens with zero attached hydrogens (tertiary/aromatic N) is 7. The van der Waals surface area contributed by atoms with E-state index in [1.165, 1.54) is 10.6 Å². The third-order valence-corrected chi connectivity index (χ3v) is 6.09. The van der Waals surface area contributed by atoms with Gasteiger partial charge in [0.15, 0.2) is 23.1 Å². The van der Waals surface area contributed by atoms with Gasteiger partial charge in [0, 0.05) is 43.5 Å². The second-order valence-electron chi connectivity index (χ2n) is 8.08. The lowest BCUT2D eigenvalue weighted by atomic mass is 9.92. The molecule has 4 aromatic rings. The number of hydrogen-bond donors (Lipinski definition) is 1. The zero-order valence-electron chi connectivity index (χ0n) is 17.7. The van der Waals surface area contributed by atoms with Crippen molar-refractivity contribution >= 4 is 28.4 Å². The molecule has 1 aliphatic rings. The van der Waals surface area contributed by atoms with Gasteiger partial charge in [-0.3, -0.25) is 4.79 Å². The Hall–Kier alpha value is -3.63. The van der Waals surface area contributed by atoms with Gasteiger partial charge in [-0.15, -0.1) is 5.10 Å². The number of carbonyl (C=O) groups excluding carboxylic acids is 1. The number of amides is 1.